The molecule has 2 rings (SSSR count). The van der Waals surface area contributed by atoms with Crippen LogP contribution in [0.2, 0.25) is 0 Å². The van der Waals surface area contributed by atoms with Gasteiger partial charge in [-0.2, -0.15) is 0 Å². The fourth-order valence-electron chi connectivity index (χ4n) is 2.12. The molecule has 0 bridgehead atoms. The lowest BCUT2D eigenvalue weighted by atomic mass is 10.1. The second-order valence-corrected chi connectivity index (χ2v) is 5.70. The molecule has 2 aromatic rings. The Bertz CT molecular complexity index is 534. The maximum absolute atomic E-state index is 4.52. The third-order valence-corrected chi connectivity index (χ3v) is 3.98. The van der Waals surface area contributed by atoms with Crippen molar-refractivity contribution in [1.82, 2.24) is 15.3 Å². The molecule has 2 aromatic heterocycles. The van der Waals surface area contributed by atoms with Gasteiger partial charge in [-0.05, 0) is 38.4 Å². The molecule has 0 amide bonds. The Kier molecular flexibility index (Phi) is 4.09. The lowest BCUT2D eigenvalue weighted by Gasteiger charge is -2.17. The molecule has 18 heavy (non-hydrogen) atoms. The average molecular weight is 261 g/mol. The monoisotopic (exact) mass is 261 g/mol. The molecular formula is C14H19N3S. The highest BCUT2D eigenvalue weighted by Crippen LogP contribution is 2.29. The predicted octanol–water partition coefficient (Wildman–Crippen LogP) is 3.16. The van der Waals surface area contributed by atoms with Gasteiger partial charge < -0.3 is 5.32 Å². The van der Waals surface area contributed by atoms with Gasteiger partial charge in [-0.25, -0.2) is 4.98 Å². The van der Waals surface area contributed by atoms with E-state index in [0.717, 1.165) is 17.2 Å². The summed E-state index contributed by atoms with van der Waals surface area (Å²) >= 11 is 1.76. The van der Waals surface area contributed by atoms with Gasteiger partial charge in [-0.15, -0.1) is 11.3 Å². The molecule has 3 nitrogen and oxygen atoms in total. The number of thiazole rings is 1. The van der Waals surface area contributed by atoms with E-state index in [1.807, 2.05) is 12.4 Å². The van der Waals surface area contributed by atoms with Crippen molar-refractivity contribution in [3.05, 3.63) is 45.2 Å². The highest BCUT2D eigenvalue weighted by Gasteiger charge is 2.18. The first-order valence-electron chi connectivity index (χ1n) is 6.20. The van der Waals surface area contributed by atoms with Crippen LogP contribution in [0, 0.1) is 20.8 Å². The van der Waals surface area contributed by atoms with Crippen molar-refractivity contribution in [1.29, 1.82) is 0 Å². The van der Waals surface area contributed by atoms with Crippen molar-refractivity contribution in [2.75, 3.05) is 6.54 Å². The summed E-state index contributed by atoms with van der Waals surface area (Å²) in [5.41, 5.74) is 3.52. The van der Waals surface area contributed by atoms with Crippen LogP contribution in [0.3, 0.4) is 0 Å². The van der Waals surface area contributed by atoms with Crippen LogP contribution in [-0.4, -0.2) is 16.5 Å². The highest BCUT2D eigenvalue weighted by atomic mass is 32.1. The molecule has 0 aliphatic rings. The summed E-state index contributed by atoms with van der Waals surface area (Å²) in [6.45, 7) is 9.25. The van der Waals surface area contributed by atoms with Gasteiger partial charge in [-0.3, -0.25) is 4.98 Å². The van der Waals surface area contributed by atoms with Crippen LogP contribution in [0.25, 0.3) is 0 Å². The largest absolute Gasteiger partial charge is 0.306 e. The van der Waals surface area contributed by atoms with Gasteiger partial charge in [-0.1, -0.05) is 13.0 Å². The maximum Gasteiger partial charge on any atom is 0.0900 e. The van der Waals surface area contributed by atoms with Crippen LogP contribution in [0.5, 0.6) is 0 Å². The minimum atomic E-state index is 0.202. The summed E-state index contributed by atoms with van der Waals surface area (Å²) in [6, 6.07) is 2.39. The summed E-state index contributed by atoms with van der Waals surface area (Å²) in [5.74, 6) is 0. The lowest BCUT2D eigenvalue weighted by Crippen LogP contribution is -2.22. The molecule has 4 heteroatoms. The Hall–Kier alpha value is -1.26. The van der Waals surface area contributed by atoms with Gasteiger partial charge >= 0.3 is 0 Å². The fourth-order valence-corrected chi connectivity index (χ4v) is 3.15. The molecule has 0 aliphatic carbocycles. The number of pyridine rings is 1. The summed E-state index contributed by atoms with van der Waals surface area (Å²) in [6.07, 6.45) is 3.83. The van der Waals surface area contributed by atoms with Crippen molar-refractivity contribution in [3.63, 3.8) is 0 Å². The topological polar surface area (TPSA) is 37.8 Å². The normalized spacial score (nSPS) is 12.7. The highest BCUT2D eigenvalue weighted by molar-refractivity contribution is 7.11. The van der Waals surface area contributed by atoms with E-state index in [1.165, 1.54) is 16.0 Å². The van der Waals surface area contributed by atoms with Gasteiger partial charge in [0.05, 0.1) is 16.7 Å². The zero-order chi connectivity index (χ0) is 13.1. The number of hydrogen-bond acceptors (Lipinski definition) is 4. The van der Waals surface area contributed by atoms with E-state index in [2.05, 4.69) is 49.0 Å². The van der Waals surface area contributed by atoms with E-state index in [-0.39, 0.29) is 6.04 Å². The molecule has 0 fully saturated rings. The Morgan fingerprint density at radius 1 is 1.28 bits per heavy atom. The molecule has 0 aliphatic heterocycles. The SMILES string of the molecule is CCNC(c1cncc(C)c1)c1sc(C)nc1C. The van der Waals surface area contributed by atoms with E-state index in [4.69, 9.17) is 0 Å². The van der Waals surface area contributed by atoms with Crippen LogP contribution in [0.1, 0.15) is 39.7 Å². The third-order valence-electron chi connectivity index (χ3n) is 2.84. The molecule has 0 radical (unpaired) electrons. The first kappa shape index (κ1) is 13.2. The molecule has 96 valence electrons. The van der Waals surface area contributed by atoms with Crippen LogP contribution >= 0.6 is 11.3 Å². The van der Waals surface area contributed by atoms with Crippen LogP contribution in [-0.2, 0) is 0 Å². The first-order valence-corrected chi connectivity index (χ1v) is 7.02. The Morgan fingerprint density at radius 3 is 2.61 bits per heavy atom. The second-order valence-electron chi connectivity index (χ2n) is 4.47. The van der Waals surface area contributed by atoms with E-state index in [9.17, 15) is 0 Å². The molecule has 1 N–H and O–H groups in total. The molecule has 0 saturated heterocycles. The van der Waals surface area contributed by atoms with E-state index >= 15 is 0 Å². The average Bonchev–Trinajstić information content (AvgIpc) is 2.65. The van der Waals surface area contributed by atoms with Crippen LogP contribution < -0.4 is 5.32 Å². The number of aryl methyl sites for hydroxylation is 3. The number of rotatable bonds is 4. The maximum atomic E-state index is 4.52. The van der Waals surface area contributed by atoms with Gasteiger partial charge in [0, 0.05) is 17.3 Å². The van der Waals surface area contributed by atoms with Gasteiger partial charge in [0.1, 0.15) is 0 Å². The second kappa shape index (κ2) is 5.59. The first-order chi connectivity index (χ1) is 8.61. The van der Waals surface area contributed by atoms with Gasteiger partial charge in [0.25, 0.3) is 0 Å². The Morgan fingerprint density at radius 2 is 2.06 bits per heavy atom. The number of nitrogens with zero attached hydrogens (tertiary/aromatic N) is 2. The van der Waals surface area contributed by atoms with Gasteiger partial charge in [0.15, 0.2) is 0 Å². The minimum absolute atomic E-state index is 0.202. The summed E-state index contributed by atoms with van der Waals surface area (Å²) in [4.78, 5) is 10.1. The summed E-state index contributed by atoms with van der Waals surface area (Å²) in [5, 5.41) is 4.64. The number of hydrogen-bond donors (Lipinski definition) is 1. The Labute approximate surface area is 112 Å². The molecule has 1 unspecified atom stereocenters. The fraction of sp³-hybridized carbons (Fsp3) is 0.429. The summed E-state index contributed by atoms with van der Waals surface area (Å²) < 4.78 is 0. The zero-order valence-corrected chi connectivity index (χ0v) is 12.1. The predicted molar refractivity (Wildman–Crippen MR) is 76.1 cm³/mol. The van der Waals surface area contributed by atoms with Crippen LogP contribution in [0.15, 0.2) is 18.5 Å². The molecule has 2 heterocycles. The molecular weight excluding hydrogens is 242 g/mol. The van der Waals surface area contributed by atoms with E-state index in [1.54, 1.807) is 11.3 Å². The van der Waals surface area contributed by atoms with E-state index < -0.39 is 0 Å². The molecule has 0 aromatic carbocycles. The standard InChI is InChI=1S/C14H19N3S/c1-5-16-13(12-6-9(2)7-15-8-12)14-10(3)17-11(4)18-14/h6-8,13,16H,5H2,1-4H3. The summed E-state index contributed by atoms with van der Waals surface area (Å²) in [7, 11) is 0. The van der Waals surface area contributed by atoms with Gasteiger partial charge in [0.2, 0.25) is 0 Å². The zero-order valence-electron chi connectivity index (χ0n) is 11.3. The van der Waals surface area contributed by atoms with E-state index in [0.29, 0.717) is 0 Å². The van der Waals surface area contributed by atoms with Crippen molar-refractivity contribution in [2.24, 2.45) is 0 Å². The molecule has 0 saturated carbocycles. The molecule has 0 spiro atoms. The van der Waals surface area contributed by atoms with Crippen molar-refractivity contribution in [3.8, 4) is 0 Å². The Balaban J connectivity index is 2.42. The number of aromatic nitrogens is 2. The number of nitrogens with one attached hydrogen (secondary N) is 1. The van der Waals surface area contributed by atoms with Crippen molar-refractivity contribution in [2.45, 2.75) is 33.7 Å². The minimum Gasteiger partial charge on any atom is -0.306 e. The molecule has 1 atom stereocenters. The smallest absolute Gasteiger partial charge is 0.0900 e. The quantitative estimate of drug-likeness (QED) is 0.918. The van der Waals surface area contributed by atoms with Crippen molar-refractivity contribution < 1.29 is 0 Å². The lowest BCUT2D eigenvalue weighted by molar-refractivity contribution is 0.633. The van der Waals surface area contributed by atoms with Crippen molar-refractivity contribution >= 4 is 11.3 Å². The third kappa shape index (κ3) is 2.76. The van der Waals surface area contributed by atoms with Crippen LogP contribution in [0.4, 0.5) is 0 Å².